The molecule has 1 fully saturated rings. The van der Waals surface area contributed by atoms with E-state index in [1.807, 2.05) is 33.8 Å². The summed E-state index contributed by atoms with van der Waals surface area (Å²) in [5.74, 6) is -0.291. The van der Waals surface area contributed by atoms with Gasteiger partial charge in [-0.15, -0.1) is 0 Å². The number of ketones is 1. The van der Waals surface area contributed by atoms with Gasteiger partial charge in [0, 0.05) is 13.2 Å². The molecule has 1 atom stereocenters. The van der Waals surface area contributed by atoms with Crippen LogP contribution in [0.25, 0.3) is 5.76 Å². The fourth-order valence-corrected chi connectivity index (χ4v) is 4.29. The predicted molar refractivity (Wildman–Crippen MR) is 137 cm³/mol. The van der Waals surface area contributed by atoms with Crippen LogP contribution in [0.1, 0.15) is 49.9 Å². The number of nitrogens with zero attached hydrogens (tertiary/aromatic N) is 1. The first-order chi connectivity index (χ1) is 17.2. The number of likely N-dealkylation sites (tertiary alicyclic amines) is 1. The van der Waals surface area contributed by atoms with Crippen molar-refractivity contribution in [1.29, 1.82) is 0 Å². The number of carbonyl (C=O) groups excluding carboxylic acids is 2. The molecule has 0 bridgehead atoms. The smallest absolute Gasteiger partial charge is 0.295 e. The van der Waals surface area contributed by atoms with Crippen molar-refractivity contribution < 1.29 is 33.6 Å². The van der Waals surface area contributed by atoms with Crippen molar-refractivity contribution in [2.45, 2.75) is 46.3 Å². The molecule has 8 heteroatoms. The maximum absolute atomic E-state index is 13.3. The first-order valence-electron chi connectivity index (χ1n) is 12.1. The minimum absolute atomic E-state index is 0.00120. The van der Waals surface area contributed by atoms with Crippen LogP contribution in [0.15, 0.2) is 42.0 Å². The van der Waals surface area contributed by atoms with Gasteiger partial charge in [0.15, 0.2) is 11.5 Å². The standard InChI is InChI=1S/C28H35NO7/c1-7-35-23-16-19(10-12-22(23)34-6)25-24(26(30)20-15-18(4)9-11-21(20)33-5)27(31)28(32)29(25)13-8-14-36-17(2)3/h9-12,15-17,25,30H,7-8,13-14H2,1-6H3/b26-24+. The molecule has 1 N–H and O–H groups in total. The van der Waals surface area contributed by atoms with Crippen LogP contribution >= 0.6 is 0 Å². The molecule has 0 aliphatic carbocycles. The van der Waals surface area contributed by atoms with E-state index >= 15 is 0 Å². The number of aliphatic hydroxyl groups is 1. The summed E-state index contributed by atoms with van der Waals surface area (Å²) in [6, 6.07) is 9.73. The molecule has 1 saturated heterocycles. The molecule has 2 aromatic rings. The van der Waals surface area contributed by atoms with E-state index in [4.69, 9.17) is 18.9 Å². The zero-order chi connectivity index (χ0) is 26.4. The molecule has 8 nitrogen and oxygen atoms in total. The Morgan fingerprint density at radius 3 is 2.36 bits per heavy atom. The highest BCUT2D eigenvalue weighted by Gasteiger charge is 2.46. The number of methoxy groups -OCH3 is 2. The molecule has 1 amide bonds. The van der Waals surface area contributed by atoms with E-state index in [1.165, 1.54) is 12.0 Å². The van der Waals surface area contributed by atoms with Crippen molar-refractivity contribution in [3.8, 4) is 17.2 Å². The van der Waals surface area contributed by atoms with E-state index < -0.39 is 17.7 Å². The zero-order valence-corrected chi connectivity index (χ0v) is 21.8. The Hall–Kier alpha value is -3.52. The summed E-state index contributed by atoms with van der Waals surface area (Å²) in [5.41, 5.74) is 1.84. The molecule has 3 rings (SSSR count). The van der Waals surface area contributed by atoms with Gasteiger partial charge in [-0.05, 0) is 63.9 Å². The van der Waals surface area contributed by atoms with Gasteiger partial charge >= 0.3 is 0 Å². The molecule has 1 aliphatic heterocycles. The molecule has 1 heterocycles. The molecular weight excluding hydrogens is 462 g/mol. The molecule has 0 radical (unpaired) electrons. The second-order valence-electron chi connectivity index (χ2n) is 8.81. The lowest BCUT2D eigenvalue weighted by molar-refractivity contribution is -0.140. The van der Waals surface area contributed by atoms with Gasteiger partial charge in [0.1, 0.15) is 11.5 Å². The van der Waals surface area contributed by atoms with Gasteiger partial charge in [0.2, 0.25) is 0 Å². The van der Waals surface area contributed by atoms with Crippen LogP contribution in [0.2, 0.25) is 0 Å². The fraction of sp³-hybridized carbons (Fsp3) is 0.429. The SMILES string of the molecule is CCOc1cc(C2/C(=C(\O)c3cc(C)ccc3OC)C(=O)C(=O)N2CCCOC(C)C)ccc1OC. The number of aliphatic hydroxyl groups excluding tert-OH is 1. The van der Waals surface area contributed by atoms with Crippen molar-refractivity contribution in [2.24, 2.45) is 0 Å². The molecule has 36 heavy (non-hydrogen) atoms. The highest BCUT2D eigenvalue weighted by molar-refractivity contribution is 6.46. The molecule has 1 unspecified atom stereocenters. The van der Waals surface area contributed by atoms with Crippen LogP contribution in [0.3, 0.4) is 0 Å². The molecule has 1 aliphatic rings. The Balaban J connectivity index is 2.16. The van der Waals surface area contributed by atoms with Crippen molar-refractivity contribution in [1.82, 2.24) is 4.90 Å². The summed E-state index contributed by atoms with van der Waals surface area (Å²) in [4.78, 5) is 28.0. The summed E-state index contributed by atoms with van der Waals surface area (Å²) < 4.78 is 22.2. The molecule has 2 aromatic carbocycles. The number of ether oxygens (including phenoxy) is 4. The van der Waals surface area contributed by atoms with Crippen LogP contribution in [0.5, 0.6) is 17.2 Å². The molecule has 0 spiro atoms. The summed E-state index contributed by atoms with van der Waals surface area (Å²) in [7, 11) is 3.03. The van der Waals surface area contributed by atoms with Crippen LogP contribution in [-0.2, 0) is 14.3 Å². The van der Waals surface area contributed by atoms with Crippen LogP contribution in [0.4, 0.5) is 0 Å². The Morgan fingerprint density at radius 1 is 1.03 bits per heavy atom. The molecule has 0 saturated carbocycles. The average Bonchev–Trinajstić information content (AvgIpc) is 3.11. The van der Waals surface area contributed by atoms with Gasteiger partial charge in [-0.25, -0.2) is 0 Å². The van der Waals surface area contributed by atoms with Gasteiger partial charge < -0.3 is 29.0 Å². The van der Waals surface area contributed by atoms with Crippen molar-refractivity contribution >= 4 is 17.4 Å². The van der Waals surface area contributed by atoms with E-state index in [0.717, 1.165) is 5.56 Å². The third-order valence-electron chi connectivity index (χ3n) is 5.95. The predicted octanol–water partition coefficient (Wildman–Crippen LogP) is 4.65. The Labute approximate surface area is 212 Å². The lowest BCUT2D eigenvalue weighted by Gasteiger charge is -2.26. The largest absolute Gasteiger partial charge is 0.507 e. The van der Waals surface area contributed by atoms with Gasteiger partial charge in [0.25, 0.3) is 11.7 Å². The van der Waals surface area contributed by atoms with Gasteiger partial charge in [-0.3, -0.25) is 9.59 Å². The average molecular weight is 498 g/mol. The number of hydrogen-bond acceptors (Lipinski definition) is 7. The number of amides is 1. The van der Waals surface area contributed by atoms with Crippen molar-refractivity contribution in [3.05, 3.63) is 58.7 Å². The van der Waals surface area contributed by atoms with Gasteiger partial charge in [0.05, 0.1) is 44.1 Å². The lowest BCUT2D eigenvalue weighted by atomic mass is 9.94. The fourth-order valence-electron chi connectivity index (χ4n) is 4.29. The minimum Gasteiger partial charge on any atom is -0.507 e. The number of rotatable bonds is 11. The molecule has 0 aromatic heterocycles. The van der Waals surface area contributed by atoms with E-state index in [9.17, 15) is 14.7 Å². The minimum atomic E-state index is -0.820. The van der Waals surface area contributed by atoms with Crippen molar-refractivity contribution in [3.63, 3.8) is 0 Å². The highest BCUT2D eigenvalue weighted by Crippen LogP contribution is 2.43. The Kier molecular flexibility index (Phi) is 8.98. The van der Waals surface area contributed by atoms with E-state index in [2.05, 4.69) is 0 Å². The Bertz CT molecular complexity index is 1140. The monoisotopic (exact) mass is 497 g/mol. The number of hydrogen-bond donors (Lipinski definition) is 1. The molecule has 194 valence electrons. The van der Waals surface area contributed by atoms with Crippen LogP contribution < -0.4 is 14.2 Å². The van der Waals surface area contributed by atoms with E-state index in [0.29, 0.717) is 48.0 Å². The second-order valence-corrected chi connectivity index (χ2v) is 8.81. The topological polar surface area (TPSA) is 94.5 Å². The maximum atomic E-state index is 13.3. The first-order valence-corrected chi connectivity index (χ1v) is 12.1. The van der Waals surface area contributed by atoms with Crippen molar-refractivity contribution in [2.75, 3.05) is 34.0 Å². The van der Waals surface area contributed by atoms with Crippen LogP contribution in [-0.4, -0.2) is 61.8 Å². The first kappa shape index (κ1) is 27.1. The molecular formula is C28H35NO7. The highest BCUT2D eigenvalue weighted by atomic mass is 16.5. The lowest BCUT2D eigenvalue weighted by Crippen LogP contribution is -2.31. The number of Topliss-reactive ketones (excluding diaryl/α,β-unsaturated/α-hetero) is 1. The Morgan fingerprint density at radius 2 is 1.72 bits per heavy atom. The number of benzene rings is 2. The van der Waals surface area contributed by atoms with E-state index in [1.54, 1.807) is 37.4 Å². The van der Waals surface area contributed by atoms with Gasteiger partial charge in [-0.1, -0.05) is 17.7 Å². The summed E-state index contributed by atoms with van der Waals surface area (Å²) in [6.45, 7) is 8.73. The summed E-state index contributed by atoms with van der Waals surface area (Å²) in [6.07, 6.45) is 0.588. The number of carbonyl (C=O) groups is 2. The maximum Gasteiger partial charge on any atom is 0.295 e. The summed E-state index contributed by atoms with van der Waals surface area (Å²) in [5, 5.41) is 11.4. The quantitative estimate of drug-likeness (QED) is 0.209. The second kappa shape index (κ2) is 11.9. The van der Waals surface area contributed by atoms with Gasteiger partial charge in [-0.2, -0.15) is 0 Å². The third kappa shape index (κ3) is 5.65. The third-order valence-corrected chi connectivity index (χ3v) is 5.95. The summed E-state index contributed by atoms with van der Waals surface area (Å²) >= 11 is 0. The normalized spacial score (nSPS) is 17.1. The van der Waals surface area contributed by atoms with E-state index in [-0.39, 0.29) is 24.0 Å². The zero-order valence-electron chi connectivity index (χ0n) is 21.8. The number of aryl methyl sites for hydroxylation is 1. The van der Waals surface area contributed by atoms with Crippen LogP contribution in [0, 0.1) is 6.92 Å².